The van der Waals surface area contributed by atoms with E-state index in [2.05, 4.69) is 25.1 Å². The van der Waals surface area contributed by atoms with E-state index >= 15 is 0 Å². The molecule has 0 bridgehead atoms. The maximum absolute atomic E-state index is 11.5. The van der Waals surface area contributed by atoms with Gasteiger partial charge in [-0.15, -0.1) is 0 Å². The van der Waals surface area contributed by atoms with Crippen molar-refractivity contribution in [2.75, 3.05) is 7.11 Å². The monoisotopic (exact) mass is 256 g/mol. The molecule has 0 saturated heterocycles. The molecule has 2 nitrogen and oxygen atoms in total. The summed E-state index contributed by atoms with van der Waals surface area (Å²) in [6.45, 7) is 2.22. The Balaban J connectivity index is 2.22. The summed E-state index contributed by atoms with van der Waals surface area (Å²) < 4.78 is 4.74. The summed E-state index contributed by atoms with van der Waals surface area (Å²) >= 11 is 0. The van der Waals surface area contributed by atoms with E-state index in [1.54, 1.807) is 0 Å². The molecule has 0 amide bonds. The predicted octanol–water partition coefficient (Wildman–Crippen LogP) is 4.36. The molecule has 0 atom stereocenters. The van der Waals surface area contributed by atoms with Gasteiger partial charge >= 0.3 is 5.97 Å². The predicted molar refractivity (Wildman–Crippen MR) is 78.5 cm³/mol. The topological polar surface area (TPSA) is 26.3 Å². The van der Waals surface area contributed by atoms with Crippen LogP contribution in [0, 0.1) is 0 Å². The molecule has 0 aliphatic heterocycles. The second kappa shape index (κ2) is 6.37. The molecule has 0 aliphatic rings. The molecule has 0 spiro atoms. The highest BCUT2D eigenvalue weighted by Gasteiger charge is 2.06. The van der Waals surface area contributed by atoms with Gasteiger partial charge in [-0.1, -0.05) is 44.0 Å². The Morgan fingerprint density at radius 3 is 2.53 bits per heavy atom. The van der Waals surface area contributed by atoms with Crippen molar-refractivity contribution in [2.45, 2.75) is 32.6 Å². The molecular weight excluding hydrogens is 236 g/mol. The first-order valence-electron chi connectivity index (χ1n) is 6.85. The highest BCUT2D eigenvalue weighted by molar-refractivity contribution is 5.95. The highest BCUT2D eigenvalue weighted by Crippen LogP contribution is 2.19. The lowest BCUT2D eigenvalue weighted by Crippen LogP contribution is -2.00. The molecule has 0 fully saturated rings. The first-order valence-corrected chi connectivity index (χ1v) is 6.85. The number of esters is 1. The van der Waals surface area contributed by atoms with Gasteiger partial charge in [0.2, 0.25) is 0 Å². The molecule has 2 rings (SSSR count). The van der Waals surface area contributed by atoms with Crippen molar-refractivity contribution in [1.82, 2.24) is 0 Å². The lowest BCUT2D eigenvalue weighted by atomic mass is 10.0. The van der Waals surface area contributed by atoms with Gasteiger partial charge in [0.1, 0.15) is 0 Å². The van der Waals surface area contributed by atoms with E-state index in [0.717, 1.165) is 11.8 Å². The van der Waals surface area contributed by atoms with Crippen molar-refractivity contribution >= 4 is 16.7 Å². The fourth-order valence-corrected chi connectivity index (χ4v) is 2.27. The number of hydrogen-bond donors (Lipinski definition) is 0. The van der Waals surface area contributed by atoms with Gasteiger partial charge < -0.3 is 4.74 Å². The maximum Gasteiger partial charge on any atom is 0.337 e. The summed E-state index contributed by atoms with van der Waals surface area (Å²) in [4.78, 5) is 11.5. The Morgan fingerprint density at radius 2 is 1.79 bits per heavy atom. The lowest BCUT2D eigenvalue weighted by Gasteiger charge is -2.05. The van der Waals surface area contributed by atoms with E-state index in [1.807, 2.05) is 18.2 Å². The number of rotatable bonds is 5. The summed E-state index contributed by atoms with van der Waals surface area (Å²) in [6, 6.07) is 12.2. The third-order valence-electron chi connectivity index (χ3n) is 3.39. The molecule has 0 heterocycles. The van der Waals surface area contributed by atoms with Crippen molar-refractivity contribution in [1.29, 1.82) is 0 Å². The Labute approximate surface area is 114 Å². The number of hydrogen-bond acceptors (Lipinski definition) is 2. The Morgan fingerprint density at radius 1 is 1.05 bits per heavy atom. The van der Waals surface area contributed by atoms with Crippen molar-refractivity contribution in [3.63, 3.8) is 0 Å². The molecule has 0 aliphatic carbocycles. The molecular formula is C17H20O2. The minimum Gasteiger partial charge on any atom is -0.465 e. The van der Waals surface area contributed by atoms with Crippen LogP contribution in [0.3, 0.4) is 0 Å². The molecule has 0 unspecified atom stereocenters. The standard InChI is InChI=1S/C17H20O2/c1-3-4-5-6-13-7-8-15-12-16(17(18)19-2)10-9-14(15)11-13/h7-12H,3-6H2,1-2H3. The molecule has 2 aromatic carbocycles. The van der Waals surface area contributed by atoms with E-state index < -0.39 is 0 Å². The Hall–Kier alpha value is -1.83. The summed E-state index contributed by atoms with van der Waals surface area (Å²) in [6.07, 6.45) is 4.89. The van der Waals surface area contributed by atoms with Crippen LogP contribution in [-0.2, 0) is 11.2 Å². The van der Waals surface area contributed by atoms with Crippen molar-refractivity contribution in [3.8, 4) is 0 Å². The van der Waals surface area contributed by atoms with Gasteiger partial charge in [0.05, 0.1) is 12.7 Å². The third-order valence-corrected chi connectivity index (χ3v) is 3.39. The largest absolute Gasteiger partial charge is 0.465 e. The van der Waals surface area contributed by atoms with Crippen molar-refractivity contribution < 1.29 is 9.53 Å². The average Bonchev–Trinajstić information content (AvgIpc) is 2.46. The number of carbonyl (C=O) groups excluding carboxylic acids is 1. The second-order valence-electron chi connectivity index (χ2n) is 4.84. The normalized spacial score (nSPS) is 10.6. The summed E-state index contributed by atoms with van der Waals surface area (Å²) in [5, 5.41) is 2.27. The number of methoxy groups -OCH3 is 1. The number of unbranched alkanes of at least 4 members (excludes halogenated alkanes) is 2. The van der Waals surface area contributed by atoms with E-state index in [-0.39, 0.29) is 5.97 Å². The van der Waals surface area contributed by atoms with Gasteiger partial charge in [-0.25, -0.2) is 4.79 Å². The number of aryl methyl sites for hydroxylation is 1. The molecule has 2 aromatic rings. The quantitative estimate of drug-likeness (QED) is 0.587. The summed E-state index contributed by atoms with van der Waals surface area (Å²) in [7, 11) is 1.41. The first-order chi connectivity index (χ1) is 9.24. The van der Waals surface area contributed by atoms with Crippen LogP contribution >= 0.6 is 0 Å². The maximum atomic E-state index is 11.5. The minimum absolute atomic E-state index is 0.283. The molecule has 0 N–H and O–H groups in total. The van der Waals surface area contributed by atoms with E-state index in [0.29, 0.717) is 5.56 Å². The van der Waals surface area contributed by atoms with Gasteiger partial charge in [0, 0.05) is 0 Å². The van der Waals surface area contributed by atoms with Gasteiger partial charge in [-0.3, -0.25) is 0 Å². The molecule has 0 aromatic heterocycles. The zero-order valence-electron chi connectivity index (χ0n) is 11.6. The van der Waals surface area contributed by atoms with Crippen LogP contribution in [-0.4, -0.2) is 13.1 Å². The van der Waals surface area contributed by atoms with E-state index in [4.69, 9.17) is 4.74 Å². The van der Waals surface area contributed by atoms with Crippen LogP contribution in [0.2, 0.25) is 0 Å². The highest BCUT2D eigenvalue weighted by atomic mass is 16.5. The Bertz CT molecular complexity index is 572. The minimum atomic E-state index is -0.283. The van der Waals surface area contributed by atoms with Gasteiger partial charge in [0.25, 0.3) is 0 Å². The van der Waals surface area contributed by atoms with Gasteiger partial charge in [-0.2, -0.15) is 0 Å². The molecule has 0 radical (unpaired) electrons. The van der Waals surface area contributed by atoms with Crippen LogP contribution in [0.25, 0.3) is 10.8 Å². The van der Waals surface area contributed by atoms with Gasteiger partial charge in [0.15, 0.2) is 0 Å². The fraction of sp³-hybridized carbons (Fsp3) is 0.353. The summed E-state index contributed by atoms with van der Waals surface area (Å²) in [5.41, 5.74) is 1.97. The lowest BCUT2D eigenvalue weighted by molar-refractivity contribution is 0.0601. The Kier molecular flexibility index (Phi) is 4.56. The molecule has 0 saturated carbocycles. The van der Waals surface area contributed by atoms with Crippen molar-refractivity contribution in [2.24, 2.45) is 0 Å². The third kappa shape index (κ3) is 3.34. The van der Waals surface area contributed by atoms with Crippen LogP contribution in [0.15, 0.2) is 36.4 Å². The number of carbonyl (C=O) groups is 1. The zero-order chi connectivity index (χ0) is 13.7. The second-order valence-corrected chi connectivity index (χ2v) is 4.84. The fourth-order valence-electron chi connectivity index (χ4n) is 2.27. The smallest absolute Gasteiger partial charge is 0.337 e. The molecule has 2 heteroatoms. The SMILES string of the molecule is CCCCCc1ccc2cc(C(=O)OC)ccc2c1. The summed E-state index contributed by atoms with van der Waals surface area (Å²) in [5.74, 6) is -0.283. The average molecular weight is 256 g/mol. The van der Waals surface area contributed by atoms with Crippen molar-refractivity contribution in [3.05, 3.63) is 47.5 Å². The van der Waals surface area contributed by atoms with Crippen LogP contribution in [0.4, 0.5) is 0 Å². The number of benzene rings is 2. The molecule has 100 valence electrons. The number of fused-ring (bicyclic) bond motifs is 1. The first kappa shape index (κ1) is 13.6. The van der Waals surface area contributed by atoms with Gasteiger partial charge in [-0.05, 0) is 41.3 Å². The van der Waals surface area contributed by atoms with Crippen LogP contribution in [0.5, 0.6) is 0 Å². The van der Waals surface area contributed by atoms with Crippen LogP contribution in [0.1, 0.15) is 42.1 Å². The number of ether oxygens (including phenoxy) is 1. The van der Waals surface area contributed by atoms with E-state index in [1.165, 1.54) is 37.3 Å². The molecule has 19 heavy (non-hydrogen) atoms. The van der Waals surface area contributed by atoms with Crippen LogP contribution < -0.4 is 0 Å². The zero-order valence-corrected chi connectivity index (χ0v) is 11.6. The van der Waals surface area contributed by atoms with E-state index in [9.17, 15) is 4.79 Å².